The number of carbonyl (C=O) groups excluding carboxylic acids is 1. The quantitative estimate of drug-likeness (QED) is 0.823. The fourth-order valence-corrected chi connectivity index (χ4v) is 3.91. The van der Waals surface area contributed by atoms with E-state index in [9.17, 15) is 13.6 Å². The van der Waals surface area contributed by atoms with Gasteiger partial charge in [0, 0.05) is 37.3 Å². The Morgan fingerprint density at radius 3 is 2.75 bits per heavy atom. The van der Waals surface area contributed by atoms with E-state index in [1.165, 1.54) is 0 Å². The molecule has 0 bridgehead atoms. The second-order valence-electron chi connectivity index (χ2n) is 7.69. The molecule has 0 spiro atoms. The van der Waals surface area contributed by atoms with Gasteiger partial charge >= 0.3 is 0 Å². The van der Waals surface area contributed by atoms with Crippen molar-refractivity contribution in [2.75, 3.05) is 26.2 Å². The number of alkyl halides is 2. The summed E-state index contributed by atoms with van der Waals surface area (Å²) in [6.45, 7) is 3.10. The molecule has 1 N–H and O–H groups in total. The number of amides is 1. The van der Waals surface area contributed by atoms with Crippen LogP contribution in [0.4, 0.5) is 8.78 Å². The lowest BCUT2D eigenvalue weighted by molar-refractivity contribution is -0.0163. The number of benzene rings is 1. The van der Waals surface area contributed by atoms with Crippen LogP contribution in [0.3, 0.4) is 0 Å². The monoisotopic (exact) mass is 390 g/mol. The highest BCUT2D eigenvalue weighted by atomic mass is 19.3. The number of rotatable bonds is 6. The fourth-order valence-electron chi connectivity index (χ4n) is 3.91. The first-order valence-corrected chi connectivity index (χ1v) is 9.48. The van der Waals surface area contributed by atoms with E-state index in [4.69, 9.17) is 4.74 Å². The summed E-state index contributed by atoms with van der Waals surface area (Å²) in [6, 6.07) is 11.0. The molecular weight excluding hydrogens is 366 g/mol. The molecule has 2 aromatic rings. The molecule has 0 unspecified atom stereocenters. The number of ether oxygens (including phenoxy) is 1. The summed E-state index contributed by atoms with van der Waals surface area (Å²) in [5.74, 6) is -2.88. The lowest BCUT2D eigenvalue weighted by Gasteiger charge is -2.45. The van der Waals surface area contributed by atoms with Gasteiger partial charge in [0.1, 0.15) is 5.69 Å². The number of nitrogens with zero attached hydrogens (tertiary/aromatic N) is 3. The minimum atomic E-state index is -2.72. The van der Waals surface area contributed by atoms with Crippen LogP contribution in [0.2, 0.25) is 0 Å². The average molecular weight is 390 g/mol. The minimum absolute atomic E-state index is 0.0670. The van der Waals surface area contributed by atoms with E-state index < -0.39 is 5.92 Å². The SMILES string of the molecule is Cc1cc(C(=O)N2CC(N3CC(F)(F)C[C@H]3COCc3ccccc3)C2)n[nH]1. The van der Waals surface area contributed by atoms with E-state index in [1.807, 2.05) is 42.2 Å². The van der Waals surface area contributed by atoms with E-state index in [0.29, 0.717) is 25.4 Å². The number of likely N-dealkylation sites (tertiary alicyclic amines) is 2. The number of nitrogens with one attached hydrogen (secondary N) is 1. The van der Waals surface area contributed by atoms with Crippen LogP contribution in [-0.2, 0) is 11.3 Å². The van der Waals surface area contributed by atoms with Gasteiger partial charge in [-0.25, -0.2) is 8.78 Å². The van der Waals surface area contributed by atoms with Gasteiger partial charge in [-0.05, 0) is 18.6 Å². The molecule has 1 atom stereocenters. The van der Waals surface area contributed by atoms with Crippen molar-refractivity contribution in [3.8, 4) is 0 Å². The molecule has 2 aliphatic rings. The Bertz CT molecular complexity index is 821. The van der Waals surface area contributed by atoms with Crippen LogP contribution < -0.4 is 0 Å². The number of carbonyl (C=O) groups is 1. The second kappa shape index (κ2) is 7.60. The first kappa shape index (κ1) is 19.0. The molecule has 8 heteroatoms. The third-order valence-corrected chi connectivity index (χ3v) is 5.38. The first-order valence-electron chi connectivity index (χ1n) is 9.48. The van der Waals surface area contributed by atoms with E-state index in [-0.39, 0.29) is 37.6 Å². The normalized spacial score (nSPS) is 22.4. The summed E-state index contributed by atoms with van der Waals surface area (Å²) in [5, 5.41) is 6.73. The summed E-state index contributed by atoms with van der Waals surface area (Å²) < 4.78 is 33.8. The highest BCUT2D eigenvalue weighted by Gasteiger charge is 2.50. The van der Waals surface area contributed by atoms with Crippen LogP contribution in [-0.4, -0.2) is 70.2 Å². The van der Waals surface area contributed by atoms with Gasteiger partial charge in [-0.1, -0.05) is 30.3 Å². The van der Waals surface area contributed by atoms with E-state index in [1.54, 1.807) is 11.0 Å². The molecule has 4 rings (SSSR count). The number of hydrogen-bond acceptors (Lipinski definition) is 4. The van der Waals surface area contributed by atoms with Crippen molar-refractivity contribution < 1.29 is 18.3 Å². The van der Waals surface area contributed by atoms with Gasteiger partial charge in [0.15, 0.2) is 0 Å². The molecule has 0 aliphatic carbocycles. The van der Waals surface area contributed by atoms with Crippen LogP contribution in [0.1, 0.15) is 28.2 Å². The van der Waals surface area contributed by atoms with E-state index in [2.05, 4.69) is 10.2 Å². The molecule has 0 saturated carbocycles. The summed E-state index contributed by atoms with van der Waals surface area (Å²) in [7, 11) is 0. The molecule has 1 amide bonds. The molecule has 3 heterocycles. The molecule has 2 aliphatic heterocycles. The Morgan fingerprint density at radius 2 is 2.07 bits per heavy atom. The van der Waals surface area contributed by atoms with Gasteiger partial charge in [-0.2, -0.15) is 5.10 Å². The molecule has 28 heavy (non-hydrogen) atoms. The molecular formula is C20H24F2N4O2. The van der Waals surface area contributed by atoms with Gasteiger partial charge in [0.25, 0.3) is 11.8 Å². The lowest BCUT2D eigenvalue weighted by Crippen LogP contribution is -2.62. The fraction of sp³-hybridized carbons (Fsp3) is 0.500. The molecule has 2 fully saturated rings. The van der Waals surface area contributed by atoms with E-state index in [0.717, 1.165) is 11.3 Å². The predicted molar refractivity (Wildman–Crippen MR) is 99.2 cm³/mol. The van der Waals surface area contributed by atoms with Crippen molar-refractivity contribution in [1.82, 2.24) is 20.0 Å². The number of halogens is 2. The minimum Gasteiger partial charge on any atom is -0.375 e. The third kappa shape index (κ3) is 4.07. The zero-order valence-electron chi connectivity index (χ0n) is 15.8. The molecule has 2 saturated heterocycles. The Balaban J connectivity index is 1.31. The van der Waals surface area contributed by atoms with Crippen molar-refractivity contribution >= 4 is 5.91 Å². The van der Waals surface area contributed by atoms with Crippen LogP contribution in [0, 0.1) is 6.92 Å². The van der Waals surface area contributed by atoms with E-state index >= 15 is 0 Å². The second-order valence-corrected chi connectivity index (χ2v) is 7.69. The zero-order chi connectivity index (χ0) is 19.7. The van der Waals surface area contributed by atoms with Gasteiger partial charge in [-0.3, -0.25) is 14.8 Å². The smallest absolute Gasteiger partial charge is 0.274 e. The standard InChI is InChI=1S/C20H24F2N4O2/c1-14-7-18(24-23-14)19(27)25-9-17(10-25)26-13-20(21,22)8-16(26)12-28-11-15-5-3-2-4-6-15/h2-7,16-17H,8-13H2,1H3,(H,23,24)/t16-/m0/s1. The summed E-state index contributed by atoms with van der Waals surface area (Å²) in [5.41, 5.74) is 2.20. The van der Waals surface area contributed by atoms with Crippen molar-refractivity contribution in [3.05, 3.63) is 53.3 Å². The number of aromatic nitrogens is 2. The van der Waals surface area contributed by atoms with Crippen molar-refractivity contribution in [2.45, 2.75) is 38.0 Å². The molecule has 0 radical (unpaired) electrons. The Labute approximate surface area is 162 Å². The average Bonchev–Trinajstić information content (AvgIpc) is 3.17. The van der Waals surface area contributed by atoms with Crippen LogP contribution in [0.15, 0.2) is 36.4 Å². The maximum atomic E-state index is 14.0. The summed E-state index contributed by atoms with van der Waals surface area (Å²) >= 11 is 0. The summed E-state index contributed by atoms with van der Waals surface area (Å²) in [4.78, 5) is 15.9. The largest absolute Gasteiger partial charge is 0.375 e. The Hall–Kier alpha value is -2.32. The zero-order valence-corrected chi connectivity index (χ0v) is 15.8. The maximum Gasteiger partial charge on any atom is 0.274 e. The molecule has 1 aromatic carbocycles. The highest BCUT2D eigenvalue weighted by molar-refractivity contribution is 5.93. The van der Waals surface area contributed by atoms with Crippen LogP contribution in [0.5, 0.6) is 0 Å². The van der Waals surface area contributed by atoms with Crippen LogP contribution in [0.25, 0.3) is 0 Å². The number of aromatic amines is 1. The number of aryl methyl sites for hydroxylation is 1. The van der Waals surface area contributed by atoms with Crippen LogP contribution >= 0.6 is 0 Å². The van der Waals surface area contributed by atoms with Gasteiger partial charge in [0.2, 0.25) is 0 Å². The summed E-state index contributed by atoms with van der Waals surface area (Å²) in [6.07, 6.45) is -0.204. The first-order chi connectivity index (χ1) is 13.4. The van der Waals surface area contributed by atoms with Gasteiger partial charge in [-0.15, -0.1) is 0 Å². The van der Waals surface area contributed by atoms with Gasteiger partial charge in [0.05, 0.1) is 19.8 Å². The van der Waals surface area contributed by atoms with Crippen molar-refractivity contribution in [2.24, 2.45) is 0 Å². The molecule has 150 valence electrons. The van der Waals surface area contributed by atoms with Crippen molar-refractivity contribution in [1.29, 1.82) is 0 Å². The Kier molecular flexibility index (Phi) is 5.16. The lowest BCUT2D eigenvalue weighted by atomic mass is 10.1. The third-order valence-electron chi connectivity index (χ3n) is 5.38. The topological polar surface area (TPSA) is 61.5 Å². The molecule has 1 aromatic heterocycles. The predicted octanol–water partition coefficient (Wildman–Crippen LogP) is 2.47. The number of hydrogen-bond donors (Lipinski definition) is 1. The highest BCUT2D eigenvalue weighted by Crippen LogP contribution is 2.35. The maximum absolute atomic E-state index is 14.0. The molecule has 6 nitrogen and oxygen atoms in total. The Morgan fingerprint density at radius 1 is 1.32 bits per heavy atom. The number of H-pyrrole nitrogens is 1. The van der Waals surface area contributed by atoms with Gasteiger partial charge < -0.3 is 9.64 Å². The van der Waals surface area contributed by atoms with Crippen molar-refractivity contribution in [3.63, 3.8) is 0 Å².